The largest absolute Gasteiger partial charge is 0.310 e. The van der Waals surface area contributed by atoms with Gasteiger partial charge in [-0.15, -0.1) is 11.3 Å². The molecular weight excluding hydrogens is 336 g/mol. The third-order valence-electron chi connectivity index (χ3n) is 5.97. The highest BCUT2D eigenvalue weighted by molar-refractivity contribution is 7.15. The van der Waals surface area contributed by atoms with Crippen molar-refractivity contribution < 1.29 is 0 Å². The summed E-state index contributed by atoms with van der Waals surface area (Å²) in [6.45, 7) is 5.48. The highest BCUT2D eigenvalue weighted by Gasteiger charge is 2.28. The second-order valence-electron chi connectivity index (χ2n) is 7.93. The molecular formula is C23H26N2S. The van der Waals surface area contributed by atoms with Gasteiger partial charge in [-0.05, 0) is 60.4 Å². The fourth-order valence-electron chi connectivity index (χ4n) is 4.48. The highest BCUT2D eigenvalue weighted by Crippen LogP contribution is 2.40. The monoisotopic (exact) mass is 362 g/mol. The molecule has 0 radical (unpaired) electrons. The molecule has 0 amide bonds. The van der Waals surface area contributed by atoms with Crippen LogP contribution in [0.15, 0.2) is 42.6 Å². The van der Waals surface area contributed by atoms with E-state index in [-0.39, 0.29) is 6.04 Å². The fraction of sp³-hybridized carbons (Fsp3) is 0.391. The molecule has 1 aliphatic heterocycles. The van der Waals surface area contributed by atoms with Gasteiger partial charge in [0.1, 0.15) is 5.00 Å². The molecule has 1 N–H and O–H groups in total. The maximum atomic E-state index is 3.87. The third kappa shape index (κ3) is 2.57. The maximum Gasteiger partial charge on any atom is 0.104 e. The minimum absolute atomic E-state index is 0.255. The van der Waals surface area contributed by atoms with Gasteiger partial charge in [0, 0.05) is 28.9 Å². The van der Waals surface area contributed by atoms with Crippen molar-refractivity contribution in [1.29, 1.82) is 0 Å². The molecule has 0 saturated heterocycles. The van der Waals surface area contributed by atoms with E-state index in [2.05, 4.69) is 66.3 Å². The number of fused-ring (bicyclic) bond motifs is 5. The summed E-state index contributed by atoms with van der Waals surface area (Å²) >= 11 is 2.02. The van der Waals surface area contributed by atoms with Crippen LogP contribution < -0.4 is 5.32 Å². The number of nitrogens with one attached hydrogen (secondary N) is 1. The first-order valence-corrected chi connectivity index (χ1v) is 10.7. The van der Waals surface area contributed by atoms with Crippen LogP contribution in [-0.4, -0.2) is 4.57 Å². The molecule has 2 nitrogen and oxygen atoms in total. The quantitative estimate of drug-likeness (QED) is 0.616. The number of aromatic nitrogens is 1. The molecule has 1 atom stereocenters. The molecule has 3 aromatic rings. The number of rotatable bonds is 2. The Morgan fingerprint density at radius 3 is 2.65 bits per heavy atom. The normalized spacial score (nSPS) is 19.0. The topological polar surface area (TPSA) is 17.0 Å². The Balaban J connectivity index is 1.57. The molecule has 0 spiro atoms. The Hall–Kier alpha value is -1.84. The van der Waals surface area contributed by atoms with Gasteiger partial charge in [-0.2, -0.15) is 0 Å². The molecule has 2 aliphatic rings. The predicted octanol–water partition coefficient (Wildman–Crippen LogP) is 5.73. The molecule has 3 heterocycles. The summed E-state index contributed by atoms with van der Waals surface area (Å²) in [7, 11) is 0. The van der Waals surface area contributed by atoms with E-state index in [9.17, 15) is 0 Å². The molecule has 1 aromatic carbocycles. The van der Waals surface area contributed by atoms with Crippen LogP contribution in [-0.2, 0) is 19.4 Å². The van der Waals surface area contributed by atoms with E-state index in [1.54, 1.807) is 16.0 Å². The van der Waals surface area contributed by atoms with Crippen molar-refractivity contribution >= 4 is 11.3 Å². The molecule has 26 heavy (non-hydrogen) atoms. The predicted molar refractivity (Wildman–Crippen MR) is 110 cm³/mol. The highest BCUT2D eigenvalue weighted by atomic mass is 32.1. The van der Waals surface area contributed by atoms with Gasteiger partial charge < -0.3 is 9.88 Å². The fourth-order valence-corrected chi connectivity index (χ4v) is 5.89. The second kappa shape index (κ2) is 6.40. The Labute approximate surface area is 159 Å². The summed E-state index contributed by atoms with van der Waals surface area (Å²) in [6, 6.07) is 13.9. The molecule has 0 saturated carbocycles. The van der Waals surface area contributed by atoms with Crippen molar-refractivity contribution in [3.05, 3.63) is 75.4 Å². The van der Waals surface area contributed by atoms with Crippen LogP contribution in [0.2, 0.25) is 0 Å². The number of aryl methyl sites for hydroxylation is 1. The summed E-state index contributed by atoms with van der Waals surface area (Å²) in [5, 5.41) is 5.32. The van der Waals surface area contributed by atoms with Crippen molar-refractivity contribution in [3.8, 4) is 5.00 Å². The lowest BCUT2D eigenvalue weighted by molar-refractivity contribution is 0.594. The number of benzene rings is 1. The molecule has 1 aliphatic carbocycles. The number of hydrogen-bond donors (Lipinski definition) is 1. The van der Waals surface area contributed by atoms with E-state index >= 15 is 0 Å². The zero-order valence-corrected chi connectivity index (χ0v) is 16.4. The van der Waals surface area contributed by atoms with Gasteiger partial charge in [-0.3, -0.25) is 0 Å². The van der Waals surface area contributed by atoms with Crippen LogP contribution in [0.4, 0.5) is 0 Å². The maximum absolute atomic E-state index is 3.87. The van der Waals surface area contributed by atoms with Gasteiger partial charge in [-0.1, -0.05) is 38.1 Å². The summed E-state index contributed by atoms with van der Waals surface area (Å²) in [5.41, 5.74) is 7.31. The Morgan fingerprint density at radius 1 is 1.04 bits per heavy atom. The van der Waals surface area contributed by atoms with Gasteiger partial charge in [-0.25, -0.2) is 0 Å². The average molecular weight is 363 g/mol. The Bertz CT molecular complexity index is 930. The number of hydrogen-bond acceptors (Lipinski definition) is 2. The summed E-state index contributed by atoms with van der Waals surface area (Å²) in [4.78, 5) is 1.63. The molecule has 134 valence electrons. The van der Waals surface area contributed by atoms with Gasteiger partial charge in [0.05, 0.1) is 6.04 Å². The molecule has 5 rings (SSSR count). The van der Waals surface area contributed by atoms with E-state index in [1.807, 2.05) is 11.3 Å². The second-order valence-corrected chi connectivity index (χ2v) is 9.02. The molecule has 2 aromatic heterocycles. The van der Waals surface area contributed by atoms with Crippen molar-refractivity contribution in [1.82, 2.24) is 9.88 Å². The Morgan fingerprint density at radius 2 is 1.85 bits per heavy atom. The van der Waals surface area contributed by atoms with Crippen molar-refractivity contribution in [2.24, 2.45) is 0 Å². The van der Waals surface area contributed by atoms with E-state index < -0.39 is 0 Å². The SMILES string of the molecule is CC(C)c1ccc([C@H]2NCc3c(sc4c3CCCC4)-n3cccc32)cc1. The molecule has 0 fully saturated rings. The smallest absolute Gasteiger partial charge is 0.104 e. The van der Waals surface area contributed by atoms with Crippen LogP contribution >= 0.6 is 11.3 Å². The minimum atomic E-state index is 0.255. The zero-order valence-electron chi connectivity index (χ0n) is 15.6. The van der Waals surface area contributed by atoms with Crippen molar-refractivity contribution in [2.45, 2.75) is 58.0 Å². The van der Waals surface area contributed by atoms with E-state index in [4.69, 9.17) is 0 Å². The lowest BCUT2D eigenvalue weighted by Gasteiger charge is -2.19. The van der Waals surface area contributed by atoms with Crippen LogP contribution in [0.25, 0.3) is 5.00 Å². The first kappa shape index (κ1) is 16.3. The van der Waals surface area contributed by atoms with Crippen LogP contribution in [0.5, 0.6) is 0 Å². The lowest BCUT2D eigenvalue weighted by Crippen LogP contribution is -2.22. The zero-order chi connectivity index (χ0) is 17.7. The summed E-state index contributed by atoms with van der Waals surface area (Å²) in [6.07, 6.45) is 7.47. The van der Waals surface area contributed by atoms with E-state index in [1.165, 1.54) is 47.5 Å². The van der Waals surface area contributed by atoms with Gasteiger partial charge >= 0.3 is 0 Å². The average Bonchev–Trinajstić information content (AvgIpc) is 3.24. The lowest BCUT2D eigenvalue weighted by atomic mass is 9.95. The molecule has 3 heteroatoms. The third-order valence-corrected chi connectivity index (χ3v) is 7.31. The van der Waals surface area contributed by atoms with Gasteiger partial charge in [0.25, 0.3) is 0 Å². The summed E-state index contributed by atoms with van der Waals surface area (Å²) < 4.78 is 2.44. The molecule has 0 unspecified atom stereocenters. The number of nitrogens with zero attached hydrogens (tertiary/aromatic N) is 1. The van der Waals surface area contributed by atoms with Crippen molar-refractivity contribution in [3.63, 3.8) is 0 Å². The first-order chi connectivity index (χ1) is 12.7. The van der Waals surface area contributed by atoms with Crippen LogP contribution in [0, 0.1) is 0 Å². The van der Waals surface area contributed by atoms with Gasteiger partial charge in [0.2, 0.25) is 0 Å². The van der Waals surface area contributed by atoms with Gasteiger partial charge in [0.15, 0.2) is 0 Å². The first-order valence-electron chi connectivity index (χ1n) is 9.86. The van der Waals surface area contributed by atoms with E-state index in [0.29, 0.717) is 5.92 Å². The minimum Gasteiger partial charge on any atom is -0.310 e. The standard InChI is InChI=1S/C23H26N2S/c1-15(2)16-9-11-17(12-10-16)22-20-7-5-13-25(20)23-19(14-24-22)18-6-3-4-8-21(18)26-23/h5,7,9-13,15,22,24H,3-4,6,8,14H2,1-2H3/t22-/m1/s1. The Kier molecular flexibility index (Phi) is 4.02. The van der Waals surface area contributed by atoms with Crippen LogP contribution in [0.1, 0.15) is 71.5 Å². The number of thiophene rings is 1. The van der Waals surface area contributed by atoms with Crippen molar-refractivity contribution in [2.75, 3.05) is 0 Å². The van der Waals surface area contributed by atoms with E-state index in [0.717, 1.165) is 6.54 Å². The van der Waals surface area contributed by atoms with Crippen LogP contribution in [0.3, 0.4) is 0 Å². The molecule has 0 bridgehead atoms. The summed E-state index contributed by atoms with van der Waals surface area (Å²) in [5.74, 6) is 0.577.